The molecule has 0 amide bonds. The SMILES string of the molecule is C#C.CC(C)(C)O.CCc1c(CCCC(=O)O)c(-c2ccc(C)cc2)c(C)c(-c2cc(F)c(C=O)cc2C(C)C)c1NS.CNCc1ccc(CF)cc1F. The molecule has 0 atom stereocenters. The first-order valence-corrected chi connectivity index (χ1v) is 18.6. The van der Waals surface area contributed by atoms with Crippen LogP contribution in [0.1, 0.15) is 110 Å². The molecule has 0 aliphatic heterocycles. The van der Waals surface area contributed by atoms with Gasteiger partial charge in [-0.1, -0.05) is 75.5 Å². The maximum Gasteiger partial charge on any atom is 0.303 e. The molecule has 0 unspecified atom stereocenters. The molecular formula is C45H57F3N2O4S. The monoisotopic (exact) mass is 778 g/mol. The van der Waals surface area contributed by atoms with E-state index in [1.165, 1.54) is 12.1 Å². The molecule has 0 fully saturated rings. The average Bonchev–Trinajstić information content (AvgIpc) is 3.13. The lowest BCUT2D eigenvalue weighted by molar-refractivity contribution is -0.137. The summed E-state index contributed by atoms with van der Waals surface area (Å²) < 4.78 is 43.1. The smallest absolute Gasteiger partial charge is 0.303 e. The maximum atomic E-state index is 15.0. The van der Waals surface area contributed by atoms with E-state index < -0.39 is 24.1 Å². The summed E-state index contributed by atoms with van der Waals surface area (Å²) in [5.74, 6) is -1.68. The third-order valence-electron chi connectivity index (χ3n) is 8.42. The van der Waals surface area contributed by atoms with Crippen molar-refractivity contribution in [2.45, 2.75) is 106 Å². The second-order valence-electron chi connectivity index (χ2n) is 14.3. The molecule has 55 heavy (non-hydrogen) atoms. The number of halogens is 3. The van der Waals surface area contributed by atoms with Gasteiger partial charge in [0.05, 0.1) is 16.9 Å². The highest BCUT2D eigenvalue weighted by atomic mass is 32.1. The zero-order chi connectivity index (χ0) is 42.0. The van der Waals surface area contributed by atoms with Gasteiger partial charge in [0.25, 0.3) is 0 Å². The van der Waals surface area contributed by atoms with Crippen molar-refractivity contribution >= 4 is 30.8 Å². The van der Waals surface area contributed by atoms with Gasteiger partial charge in [0.2, 0.25) is 0 Å². The van der Waals surface area contributed by atoms with Gasteiger partial charge in [0.1, 0.15) is 18.3 Å². The zero-order valence-corrected chi connectivity index (χ0v) is 34.4. The van der Waals surface area contributed by atoms with Gasteiger partial charge in [-0.25, -0.2) is 13.2 Å². The Bertz CT molecular complexity index is 1880. The summed E-state index contributed by atoms with van der Waals surface area (Å²) in [7, 11) is 1.74. The van der Waals surface area contributed by atoms with Crippen molar-refractivity contribution in [2.24, 2.45) is 0 Å². The number of carbonyl (C=O) groups excluding carboxylic acids is 1. The third-order valence-corrected chi connectivity index (χ3v) is 8.64. The van der Waals surface area contributed by atoms with Crippen LogP contribution in [0.5, 0.6) is 0 Å². The Morgan fingerprint density at radius 1 is 0.964 bits per heavy atom. The van der Waals surface area contributed by atoms with Crippen molar-refractivity contribution in [2.75, 3.05) is 11.8 Å². The quantitative estimate of drug-likeness (QED) is 0.0527. The number of carbonyl (C=O) groups is 2. The lowest BCUT2D eigenvalue weighted by atomic mass is 9.79. The fraction of sp³-hybridized carbons (Fsp3) is 0.378. The van der Waals surface area contributed by atoms with Crippen LogP contribution in [0.15, 0.2) is 54.6 Å². The van der Waals surface area contributed by atoms with Crippen molar-refractivity contribution in [3.63, 3.8) is 0 Å². The van der Waals surface area contributed by atoms with Crippen molar-refractivity contribution in [1.82, 2.24) is 5.32 Å². The van der Waals surface area contributed by atoms with E-state index in [2.05, 4.69) is 66.9 Å². The van der Waals surface area contributed by atoms with E-state index >= 15 is 0 Å². The molecule has 0 aromatic heterocycles. The van der Waals surface area contributed by atoms with E-state index in [9.17, 15) is 27.9 Å². The molecule has 4 N–H and O–H groups in total. The number of anilines is 1. The molecule has 4 aromatic rings. The zero-order valence-electron chi connectivity index (χ0n) is 33.5. The number of carboxylic acids is 1. The Labute approximate surface area is 331 Å². The molecule has 6 nitrogen and oxygen atoms in total. The summed E-state index contributed by atoms with van der Waals surface area (Å²) in [6.45, 7) is 15.2. The summed E-state index contributed by atoms with van der Waals surface area (Å²) in [6.07, 6.45) is 10.4. The highest BCUT2D eigenvalue weighted by molar-refractivity contribution is 7.81. The Hall–Kier alpha value is -4.56. The lowest BCUT2D eigenvalue weighted by Gasteiger charge is -2.27. The van der Waals surface area contributed by atoms with Gasteiger partial charge < -0.3 is 20.3 Å². The molecular weight excluding hydrogens is 722 g/mol. The van der Waals surface area contributed by atoms with Gasteiger partial charge in [-0.3, -0.25) is 9.59 Å². The molecule has 0 saturated heterocycles. The second-order valence-corrected chi connectivity index (χ2v) is 14.5. The van der Waals surface area contributed by atoms with Crippen LogP contribution in [0.25, 0.3) is 22.3 Å². The molecule has 0 aliphatic rings. The number of alkyl halides is 1. The molecule has 0 aliphatic carbocycles. The number of terminal acetylenes is 1. The van der Waals surface area contributed by atoms with Gasteiger partial charge in [0, 0.05) is 24.1 Å². The van der Waals surface area contributed by atoms with Crippen molar-refractivity contribution < 1.29 is 33.0 Å². The van der Waals surface area contributed by atoms with Crippen LogP contribution in [0.3, 0.4) is 0 Å². The van der Waals surface area contributed by atoms with Crippen molar-refractivity contribution in [3.8, 4) is 35.1 Å². The van der Waals surface area contributed by atoms with Gasteiger partial charge in [0.15, 0.2) is 6.29 Å². The van der Waals surface area contributed by atoms with E-state index in [0.717, 1.165) is 55.8 Å². The first kappa shape index (κ1) is 48.5. The van der Waals surface area contributed by atoms with Gasteiger partial charge in [-0.2, -0.15) is 0 Å². The van der Waals surface area contributed by atoms with Gasteiger partial charge in [-0.15, -0.1) is 12.8 Å². The predicted molar refractivity (Wildman–Crippen MR) is 225 cm³/mol. The third kappa shape index (κ3) is 14.6. The molecule has 0 heterocycles. The number of aliphatic hydroxyl groups is 1. The summed E-state index contributed by atoms with van der Waals surface area (Å²) in [4.78, 5) is 22.8. The van der Waals surface area contributed by atoms with Gasteiger partial charge in [-0.05, 0) is 130 Å². The fourth-order valence-corrected chi connectivity index (χ4v) is 6.29. The first-order valence-electron chi connectivity index (χ1n) is 18.1. The van der Waals surface area contributed by atoms with Crippen LogP contribution in [0, 0.1) is 38.3 Å². The molecule has 10 heteroatoms. The van der Waals surface area contributed by atoms with E-state index in [-0.39, 0.29) is 23.7 Å². The second kappa shape index (κ2) is 23.4. The van der Waals surface area contributed by atoms with Crippen LogP contribution in [-0.2, 0) is 30.9 Å². The van der Waals surface area contributed by atoms with Crippen LogP contribution >= 0.6 is 12.8 Å². The largest absolute Gasteiger partial charge is 0.481 e. The Morgan fingerprint density at radius 3 is 2.02 bits per heavy atom. The van der Waals surface area contributed by atoms with Crippen molar-refractivity contribution in [3.05, 3.63) is 111 Å². The first-order chi connectivity index (χ1) is 25.9. The minimum atomic E-state index is -0.821. The molecule has 0 saturated carbocycles. The number of aryl methyl sites for hydroxylation is 1. The number of aldehydes is 1. The number of hydrogen-bond acceptors (Lipinski definition) is 6. The highest BCUT2D eigenvalue weighted by Gasteiger charge is 2.25. The topological polar surface area (TPSA) is 98.7 Å². The number of nitrogens with one attached hydrogen (secondary N) is 2. The molecule has 0 spiro atoms. The van der Waals surface area contributed by atoms with Crippen molar-refractivity contribution in [1.29, 1.82) is 0 Å². The average molecular weight is 779 g/mol. The summed E-state index contributed by atoms with van der Waals surface area (Å²) in [5.41, 5.74) is 10.00. The minimum Gasteiger partial charge on any atom is -0.481 e. The molecule has 4 aromatic carbocycles. The number of aliphatic carboxylic acids is 1. The number of benzene rings is 4. The molecule has 0 bridgehead atoms. The van der Waals surface area contributed by atoms with Crippen LogP contribution in [0.2, 0.25) is 0 Å². The van der Waals surface area contributed by atoms with Crippen LogP contribution in [0.4, 0.5) is 18.9 Å². The minimum absolute atomic E-state index is 0.0419. The standard InChI is InChI=1S/C30H34FNO3S.C9H11F2N.C4H10O.C2H2/c1-6-22-23(8-7-9-27(34)35)28(20-12-10-18(4)11-13-20)19(5)29(30(22)32-36)25-15-26(31)21(16-33)14-24(25)17(2)3;1-12-6-8-3-2-7(5-10)4-9(8)11;1-4(2,3)5;1-2/h10-17,32,36H,6-9H2,1-5H3,(H,34,35);2-4,12H,5-6H2,1H3;5H,1-3H3;1-2H. The summed E-state index contributed by atoms with van der Waals surface area (Å²) in [6, 6.07) is 15.8. The normalized spacial score (nSPS) is 10.6. The van der Waals surface area contributed by atoms with Crippen LogP contribution < -0.4 is 10.0 Å². The van der Waals surface area contributed by atoms with Crippen LogP contribution in [-0.4, -0.2) is 35.1 Å². The highest BCUT2D eigenvalue weighted by Crippen LogP contribution is 2.46. The molecule has 298 valence electrons. The number of hydrogen-bond donors (Lipinski definition) is 5. The van der Waals surface area contributed by atoms with E-state index in [1.54, 1.807) is 46.0 Å². The Balaban J connectivity index is 0.000000654. The number of rotatable bonds is 13. The fourth-order valence-electron chi connectivity index (χ4n) is 6.04. The maximum absolute atomic E-state index is 15.0. The van der Waals surface area contributed by atoms with E-state index in [4.69, 9.17) is 5.11 Å². The number of carboxylic acid groups (broad SMARTS) is 1. The summed E-state index contributed by atoms with van der Waals surface area (Å²) >= 11 is 4.46. The van der Waals surface area contributed by atoms with Gasteiger partial charge >= 0.3 is 5.97 Å². The Kier molecular flexibility index (Phi) is 20.6. The molecule has 0 radical (unpaired) electrons. The number of thiol groups is 1. The predicted octanol–water partition coefficient (Wildman–Crippen LogP) is 11.0. The van der Waals surface area contributed by atoms with E-state index in [0.29, 0.717) is 43.2 Å². The van der Waals surface area contributed by atoms with E-state index in [1.807, 2.05) is 27.7 Å². The summed E-state index contributed by atoms with van der Waals surface area (Å²) in [5, 5.41) is 20.6. The molecule has 4 rings (SSSR count). The lowest BCUT2D eigenvalue weighted by Crippen LogP contribution is -2.10. The Morgan fingerprint density at radius 2 is 1.56 bits per heavy atom.